The van der Waals surface area contributed by atoms with Crippen LogP contribution in [0.1, 0.15) is 0 Å². The van der Waals surface area contributed by atoms with Gasteiger partial charge in [-0.05, 0) is 30.3 Å². The van der Waals surface area contributed by atoms with Crippen molar-refractivity contribution in [3.05, 3.63) is 67.0 Å². The van der Waals surface area contributed by atoms with E-state index in [0.29, 0.717) is 0 Å². The number of rotatable bonds is 1. The molecule has 4 rings (SSSR count). The highest BCUT2D eigenvalue weighted by molar-refractivity contribution is 6.03. The van der Waals surface area contributed by atoms with Crippen LogP contribution >= 0.6 is 0 Å². The van der Waals surface area contributed by atoms with Gasteiger partial charge in [0.1, 0.15) is 0 Å². The second-order valence-corrected chi connectivity index (χ2v) is 4.62. The Hall–Kier alpha value is -2.81. The van der Waals surface area contributed by atoms with Crippen LogP contribution in [0.2, 0.25) is 0 Å². The molecule has 1 aromatic carbocycles. The topological polar surface area (TPSA) is 38.7 Å². The average Bonchev–Trinajstić information content (AvgIpc) is 2.55. The van der Waals surface area contributed by atoms with Crippen molar-refractivity contribution in [3.8, 4) is 11.4 Å². The fraction of sp³-hybridized carbons (Fsp3) is 0. The Kier molecular flexibility index (Phi) is 2.42. The number of hydrogen-bond acceptors (Lipinski definition) is 3. The highest BCUT2D eigenvalue weighted by Crippen LogP contribution is 2.24. The van der Waals surface area contributed by atoms with Crippen LogP contribution in [0.25, 0.3) is 33.2 Å². The normalized spacial score (nSPS) is 11.0. The van der Waals surface area contributed by atoms with Crippen molar-refractivity contribution >= 4 is 21.8 Å². The summed E-state index contributed by atoms with van der Waals surface area (Å²) in [6.07, 6.45) is 3.65. The van der Waals surface area contributed by atoms with Gasteiger partial charge in [0.2, 0.25) is 0 Å². The lowest BCUT2D eigenvalue weighted by molar-refractivity contribution is 1.28. The standard InChI is InChI=1S/C17H11N3/c1-2-6-14-13(5-1)17-12(11-19-14)8-9-16(20-17)15-7-3-4-10-18-15/h1-11H. The molecular weight excluding hydrogens is 246 g/mol. The van der Waals surface area contributed by atoms with E-state index in [4.69, 9.17) is 4.98 Å². The van der Waals surface area contributed by atoms with E-state index in [2.05, 4.69) is 16.0 Å². The van der Waals surface area contributed by atoms with Gasteiger partial charge in [0.25, 0.3) is 0 Å². The summed E-state index contributed by atoms with van der Waals surface area (Å²) in [5.41, 5.74) is 3.70. The van der Waals surface area contributed by atoms with Crippen LogP contribution in [0.15, 0.2) is 67.0 Å². The molecule has 3 nitrogen and oxygen atoms in total. The minimum Gasteiger partial charge on any atom is -0.255 e. The Bertz CT molecular complexity index is 901. The number of aromatic nitrogens is 3. The molecule has 0 aliphatic rings. The molecule has 94 valence electrons. The molecule has 3 heteroatoms. The molecule has 0 aliphatic carbocycles. The summed E-state index contributed by atoms with van der Waals surface area (Å²) < 4.78 is 0. The predicted molar refractivity (Wildman–Crippen MR) is 80.3 cm³/mol. The van der Waals surface area contributed by atoms with E-state index >= 15 is 0 Å². The first kappa shape index (κ1) is 11.1. The molecule has 3 aromatic heterocycles. The fourth-order valence-electron chi connectivity index (χ4n) is 2.37. The van der Waals surface area contributed by atoms with Crippen LogP contribution in [-0.2, 0) is 0 Å². The lowest BCUT2D eigenvalue weighted by atomic mass is 10.1. The fourth-order valence-corrected chi connectivity index (χ4v) is 2.37. The molecule has 0 atom stereocenters. The van der Waals surface area contributed by atoms with Crippen LogP contribution in [-0.4, -0.2) is 15.0 Å². The molecule has 4 aromatic rings. The third kappa shape index (κ3) is 1.72. The quantitative estimate of drug-likeness (QED) is 0.486. The van der Waals surface area contributed by atoms with Gasteiger partial charge >= 0.3 is 0 Å². The molecule has 0 unspecified atom stereocenters. The number of nitrogens with zero attached hydrogens (tertiary/aromatic N) is 3. The predicted octanol–water partition coefficient (Wildman–Crippen LogP) is 3.85. The Balaban J connectivity index is 2.05. The molecule has 0 aliphatic heterocycles. The van der Waals surface area contributed by atoms with E-state index in [9.17, 15) is 0 Å². The van der Waals surface area contributed by atoms with Crippen molar-refractivity contribution in [2.24, 2.45) is 0 Å². The summed E-state index contributed by atoms with van der Waals surface area (Å²) in [5.74, 6) is 0. The van der Waals surface area contributed by atoms with Gasteiger partial charge in [-0.15, -0.1) is 0 Å². The molecule has 0 N–H and O–H groups in total. The summed E-state index contributed by atoms with van der Waals surface area (Å²) in [4.78, 5) is 13.6. The van der Waals surface area contributed by atoms with E-state index in [1.807, 2.05) is 54.7 Å². The maximum Gasteiger partial charge on any atom is 0.0894 e. The van der Waals surface area contributed by atoms with Gasteiger partial charge in [-0.3, -0.25) is 9.97 Å². The monoisotopic (exact) mass is 257 g/mol. The molecular formula is C17H11N3. The van der Waals surface area contributed by atoms with Gasteiger partial charge in [-0.2, -0.15) is 0 Å². The minimum atomic E-state index is 0.884. The lowest BCUT2D eigenvalue weighted by Crippen LogP contribution is -1.90. The Morgan fingerprint density at radius 1 is 0.700 bits per heavy atom. The Labute approximate surface area is 116 Å². The molecule has 0 spiro atoms. The molecule has 0 saturated carbocycles. The van der Waals surface area contributed by atoms with Crippen LogP contribution in [0.3, 0.4) is 0 Å². The number of fused-ring (bicyclic) bond motifs is 3. The van der Waals surface area contributed by atoms with E-state index in [0.717, 1.165) is 33.2 Å². The van der Waals surface area contributed by atoms with Crippen LogP contribution in [0.4, 0.5) is 0 Å². The van der Waals surface area contributed by atoms with E-state index < -0.39 is 0 Å². The summed E-state index contributed by atoms with van der Waals surface area (Å²) >= 11 is 0. The maximum absolute atomic E-state index is 4.77. The van der Waals surface area contributed by atoms with Gasteiger partial charge in [0, 0.05) is 23.2 Å². The minimum absolute atomic E-state index is 0.884. The second kappa shape index (κ2) is 4.38. The van der Waals surface area contributed by atoms with Crippen molar-refractivity contribution < 1.29 is 0 Å². The molecule has 0 fully saturated rings. The molecule has 3 heterocycles. The zero-order valence-electron chi connectivity index (χ0n) is 10.7. The molecule has 0 radical (unpaired) electrons. The van der Waals surface area contributed by atoms with Crippen molar-refractivity contribution in [3.63, 3.8) is 0 Å². The van der Waals surface area contributed by atoms with Crippen molar-refractivity contribution in [1.82, 2.24) is 15.0 Å². The number of benzene rings is 1. The molecule has 20 heavy (non-hydrogen) atoms. The third-order valence-electron chi connectivity index (χ3n) is 3.36. The molecule has 0 amide bonds. The van der Waals surface area contributed by atoms with Gasteiger partial charge in [-0.1, -0.05) is 24.3 Å². The Morgan fingerprint density at radius 3 is 2.50 bits per heavy atom. The Morgan fingerprint density at radius 2 is 1.60 bits per heavy atom. The SMILES string of the molecule is c1ccc(-c2ccc3cnc4ccccc4c3n2)nc1. The van der Waals surface area contributed by atoms with E-state index in [1.54, 1.807) is 6.20 Å². The largest absolute Gasteiger partial charge is 0.255 e. The van der Waals surface area contributed by atoms with Gasteiger partial charge in [0.15, 0.2) is 0 Å². The van der Waals surface area contributed by atoms with Crippen molar-refractivity contribution in [2.75, 3.05) is 0 Å². The summed E-state index contributed by atoms with van der Waals surface area (Å²) in [5, 5.41) is 2.12. The number of hydrogen-bond donors (Lipinski definition) is 0. The maximum atomic E-state index is 4.77. The molecule has 0 saturated heterocycles. The van der Waals surface area contributed by atoms with Gasteiger partial charge in [0.05, 0.1) is 22.4 Å². The summed E-state index contributed by atoms with van der Waals surface area (Å²) in [7, 11) is 0. The molecule has 0 bridgehead atoms. The first-order valence-corrected chi connectivity index (χ1v) is 6.48. The third-order valence-corrected chi connectivity index (χ3v) is 3.36. The van der Waals surface area contributed by atoms with Crippen LogP contribution in [0.5, 0.6) is 0 Å². The average molecular weight is 257 g/mol. The smallest absolute Gasteiger partial charge is 0.0894 e. The highest BCUT2D eigenvalue weighted by Gasteiger charge is 2.06. The van der Waals surface area contributed by atoms with E-state index in [-0.39, 0.29) is 0 Å². The zero-order valence-corrected chi connectivity index (χ0v) is 10.7. The van der Waals surface area contributed by atoms with Gasteiger partial charge in [-0.25, -0.2) is 4.98 Å². The number of para-hydroxylation sites is 1. The second-order valence-electron chi connectivity index (χ2n) is 4.62. The highest BCUT2D eigenvalue weighted by atomic mass is 14.8. The van der Waals surface area contributed by atoms with Crippen molar-refractivity contribution in [2.45, 2.75) is 0 Å². The number of pyridine rings is 3. The summed E-state index contributed by atoms with van der Waals surface area (Å²) in [6.45, 7) is 0. The van der Waals surface area contributed by atoms with Gasteiger partial charge < -0.3 is 0 Å². The van der Waals surface area contributed by atoms with Crippen molar-refractivity contribution in [1.29, 1.82) is 0 Å². The zero-order chi connectivity index (χ0) is 13.4. The van der Waals surface area contributed by atoms with Crippen LogP contribution < -0.4 is 0 Å². The summed E-state index contributed by atoms with van der Waals surface area (Å²) in [6, 6.07) is 17.9. The first-order chi connectivity index (χ1) is 9.92. The first-order valence-electron chi connectivity index (χ1n) is 6.48. The lowest BCUT2D eigenvalue weighted by Gasteiger charge is -2.05. The van der Waals surface area contributed by atoms with Crippen LogP contribution in [0, 0.1) is 0 Å². The van der Waals surface area contributed by atoms with E-state index in [1.165, 1.54) is 0 Å².